The van der Waals surface area contributed by atoms with Gasteiger partial charge in [0, 0.05) is 0 Å². The molecule has 24 heavy (non-hydrogen) atoms. The molecule has 0 radical (unpaired) electrons. The van der Waals surface area contributed by atoms with Gasteiger partial charge in [-0.05, 0) is 45.2 Å². The van der Waals surface area contributed by atoms with Crippen molar-refractivity contribution in [1.29, 1.82) is 0 Å². The average Bonchev–Trinajstić information content (AvgIpc) is 2.43. The Bertz CT molecular complexity index is 604. The molecule has 0 aliphatic carbocycles. The quantitative estimate of drug-likeness (QED) is 0.800. The maximum Gasteiger partial charge on any atom is 0.471 e. The van der Waals surface area contributed by atoms with E-state index < -0.39 is 23.7 Å². The van der Waals surface area contributed by atoms with Crippen molar-refractivity contribution in [2.45, 2.75) is 58.7 Å². The normalized spacial score (nSPS) is 12.0. The third-order valence-corrected chi connectivity index (χ3v) is 3.07. The van der Waals surface area contributed by atoms with Crippen LogP contribution in [0.3, 0.4) is 0 Å². The van der Waals surface area contributed by atoms with Gasteiger partial charge in [0.25, 0.3) is 0 Å². The number of aryl methyl sites for hydroxylation is 1. The molecule has 0 fully saturated rings. The number of ether oxygens (including phenoxy) is 1. The molecule has 1 aromatic carbocycles. The highest BCUT2D eigenvalue weighted by atomic mass is 19.4. The highest BCUT2D eigenvalue weighted by Crippen LogP contribution is 2.27. The zero-order valence-corrected chi connectivity index (χ0v) is 14.2. The molecule has 0 aliphatic heterocycles. The van der Waals surface area contributed by atoms with Crippen molar-refractivity contribution < 1.29 is 27.5 Å². The molecule has 7 heteroatoms. The van der Waals surface area contributed by atoms with Gasteiger partial charge in [0.15, 0.2) is 0 Å². The summed E-state index contributed by atoms with van der Waals surface area (Å²) in [5, 5.41) is 1.83. The second-order valence-corrected chi connectivity index (χ2v) is 6.40. The van der Waals surface area contributed by atoms with Gasteiger partial charge in [-0.15, -0.1) is 0 Å². The largest absolute Gasteiger partial charge is 0.471 e. The molecule has 0 saturated carbocycles. The summed E-state index contributed by atoms with van der Waals surface area (Å²) in [6.07, 6.45) is -3.06. The summed E-state index contributed by atoms with van der Waals surface area (Å²) >= 11 is 0. The van der Waals surface area contributed by atoms with Crippen LogP contribution in [0.15, 0.2) is 18.2 Å². The predicted octanol–water partition coefficient (Wildman–Crippen LogP) is 4.49. The zero-order chi connectivity index (χ0) is 18.5. The monoisotopic (exact) mass is 345 g/mol. The molecule has 1 aromatic rings. The lowest BCUT2D eigenvalue weighted by Crippen LogP contribution is -2.32. The molecule has 0 saturated heterocycles. The van der Waals surface area contributed by atoms with Crippen molar-refractivity contribution >= 4 is 17.6 Å². The SMILES string of the molecule is CCCCc1cccc(C(=O)OC(C)(C)C)c1NC(=O)C(F)(F)F. The number of unbranched alkanes of at least 4 members (excludes halogenated alkanes) is 1. The van der Waals surface area contributed by atoms with Gasteiger partial charge in [0.2, 0.25) is 0 Å². The minimum Gasteiger partial charge on any atom is -0.456 e. The average molecular weight is 345 g/mol. The van der Waals surface area contributed by atoms with Gasteiger partial charge < -0.3 is 10.1 Å². The van der Waals surface area contributed by atoms with Crippen molar-refractivity contribution in [1.82, 2.24) is 0 Å². The second-order valence-electron chi connectivity index (χ2n) is 6.40. The van der Waals surface area contributed by atoms with Crippen LogP contribution in [-0.4, -0.2) is 23.7 Å². The fraction of sp³-hybridized carbons (Fsp3) is 0.529. The number of amides is 1. The van der Waals surface area contributed by atoms with Crippen molar-refractivity contribution in [3.63, 3.8) is 0 Å². The molecule has 1 rings (SSSR count). The molecule has 0 bridgehead atoms. The van der Waals surface area contributed by atoms with E-state index >= 15 is 0 Å². The molecule has 4 nitrogen and oxygen atoms in total. The molecular weight excluding hydrogens is 323 g/mol. The maximum atomic E-state index is 12.6. The number of hydrogen-bond donors (Lipinski definition) is 1. The Morgan fingerprint density at radius 3 is 2.29 bits per heavy atom. The summed E-state index contributed by atoms with van der Waals surface area (Å²) in [6, 6.07) is 4.50. The van der Waals surface area contributed by atoms with E-state index in [-0.39, 0.29) is 11.3 Å². The minimum absolute atomic E-state index is 0.0869. The van der Waals surface area contributed by atoms with Crippen molar-refractivity contribution in [3.8, 4) is 0 Å². The number of nitrogens with one attached hydrogen (secondary N) is 1. The molecular formula is C17H22F3NO3. The molecule has 0 unspecified atom stereocenters. The Kier molecular flexibility index (Phi) is 6.40. The Labute approximate surface area is 139 Å². The molecule has 0 atom stereocenters. The topological polar surface area (TPSA) is 55.4 Å². The lowest BCUT2D eigenvalue weighted by Gasteiger charge is -2.22. The Balaban J connectivity index is 3.26. The number of hydrogen-bond acceptors (Lipinski definition) is 3. The van der Waals surface area contributed by atoms with Gasteiger partial charge in [-0.2, -0.15) is 13.2 Å². The number of para-hydroxylation sites is 1. The summed E-state index contributed by atoms with van der Waals surface area (Å²) in [4.78, 5) is 23.6. The van der Waals surface area contributed by atoms with Crippen LogP contribution < -0.4 is 5.32 Å². The number of carbonyl (C=O) groups is 2. The van der Waals surface area contributed by atoms with E-state index in [4.69, 9.17) is 4.74 Å². The highest BCUT2D eigenvalue weighted by molar-refractivity contribution is 6.03. The molecule has 0 aromatic heterocycles. The summed E-state index contributed by atoms with van der Waals surface area (Å²) in [5.74, 6) is -2.89. The number of esters is 1. The smallest absolute Gasteiger partial charge is 0.456 e. The molecule has 0 spiro atoms. The minimum atomic E-state index is -5.04. The van der Waals surface area contributed by atoms with Gasteiger partial charge >= 0.3 is 18.1 Å². The van der Waals surface area contributed by atoms with E-state index in [1.165, 1.54) is 6.07 Å². The molecule has 0 heterocycles. The van der Waals surface area contributed by atoms with Gasteiger partial charge in [-0.25, -0.2) is 4.79 Å². The number of halogens is 3. The van der Waals surface area contributed by atoms with Gasteiger partial charge in [-0.3, -0.25) is 4.79 Å². The standard InChI is InChI=1S/C17H22F3NO3/c1-5-6-8-11-9-7-10-12(14(22)24-16(2,3)4)13(11)21-15(23)17(18,19)20/h7,9-10H,5-6,8H2,1-4H3,(H,21,23). The van der Waals surface area contributed by atoms with Crippen molar-refractivity contribution in [2.75, 3.05) is 5.32 Å². The lowest BCUT2D eigenvalue weighted by molar-refractivity contribution is -0.167. The first-order chi connectivity index (χ1) is 11.0. The van der Waals surface area contributed by atoms with Crippen LogP contribution in [0.4, 0.5) is 18.9 Å². The zero-order valence-electron chi connectivity index (χ0n) is 14.2. The number of alkyl halides is 3. The molecule has 0 aliphatic rings. The fourth-order valence-electron chi connectivity index (χ4n) is 2.01. The van der Waals surface area contributed by atoms with Crippen LogP contribution in [-0.2, 0) is 16.0 Å². The van der Waals surface area contributed by atoms with E-state index in [1.807, 2.05) is 12.2 Å². The Morgan fingerprint density at radius 1 is 1.17 bits per heavy atom. The van der Waals surface area contributed by atoms with Crippen molar-refractivity contribution in [3.05, 3.63) is 29.3 Å². The first kappa shape index (κ1) is 20.0. The summed E-state index contributed by atoms with van der Waals surface area (Å²) in [7, 11) is 0. The number of rotatable bonds is 5. The van der Waals surface area contributed by atoms with Crippen LogP contribution in [0.2, 0.25) is 0 Å². The Hall–Kier alpha value is -2.05. The number of carbonyl (C=O) groups excluding carboxylic acids is 2. The van der Waals surface area contributed by atoms with E-state index in [0.717, 1.165) is 6.42 Å². The second kappa shape index (κ2) is 7.68. The summed E-state index contributed by atoms with van der Waals surface area (Å²) in [6.45, 7) is 6.89. The van der Waals surface area contributed by atoms with Gasteiger partial charge in [0.05, 0.1) is 11.3 Å². The van der Waals surface area contributed by atoms with Crippen LogP contribution >= 0.6 is 0 Å². The van der Waals surface area contributed by atoms with E-state index in [1.54, 1.807) is 32.9 Å². The van der Waals surface area contributed by atoms with E-state index in [0.29, 0.717) is 18.4 Å². The van der Waals surface area contributed by atoms with Crippen LogP contribution in [0.1, 0.15) is 56.5 Å². The maximum absolute atomic E-state index is 12.6. The van der Waals surface area contributed by atoms with Crippen LogP contribution in [0, 0.1) is 0 Å². The highest BCUT2D eigenvalue weighted by Gasteiger charge is 2.39. The first-order valence-electron chi connectivity index (χ1n) is 7.69. The number of benzene rings is 1. The van der Waals surface area contributed by atoms with Crippen LogP contribution in [0.25, 0.3) is 0 Å². The molecule has 1 N–H and O–H groups in total. The fourth-order valence-corrected chi connectivity index (χ4v) is 2.01. The summed E-state index contributed by atoms with van der Waals surface area (Å²) < 4.78 is 43.0. The van der Waals surface area contributed by atoms with Gasteiger partial charge in [-0.1, -0.05) is 25.5 Å². The number of anilines is 1. The predicted molar refractivity (Wildman–Crippen MR) is 84.9 cm³/mol. The Morgan fingerprint density at radius 2 is 1.79 bits per heavy atom. The summed E-state index contributed by atoms with van der Waals surface area (Å²) in [5.41, 5.74) is -0.557. The third-order valence-electron chi connectivity index (χ3n) is 3.07. The van der Waals surface area contributed by atoms with Crippen molar-refractivity contribution in [2.24, 2.45) is 0 Å². The molecule has 1 amide bonds. The van der Waals surface area contributed by atoms with E-state index in [9.17, 15) is 22.8 Å². The van der Waals surface area contributed by atoms with Crippen LogP contribution in [0.5, 0.6) is 0 Å². The first-order valence-corrected chi connectivity index (χ1v) is 7.69. The van der Waals surface area contributed by atoms with Gasteiger partial charge in [0.1, 0.15) is 5.60 Å². The molecule has 134 valence electrons. The third kappa shape index (κ3) is 5.86. The lowest BCUT2D eigenvalue weighted by atomic mass is 10.0. The van der Waals surface area contributed by atoms with E-state index in [2.05, 4.69) is 0 Å².